The van der Waals surface area contributed by atoms with Gasteiger partial charge in [0, 0.05) is 12.1 Å². The largest absolute Gasteiger partial charge is 0.507 e. The van der Waals surface area contributed by atoms with E-state index < -0.39 is 17.7 Å². The molecule has 1 unspecified atom stereocenters. The Morgan fingerprint density at radius 2 is 1.45 bits per heavy atom. The molecule has 214 valence electrons. The van der Waals surface area contributed by atoms with Gasteiger partial charge in [-0.3, -0.25) is 9.59 Å². The minimum atomic E-state index is -0.761. The van der Waals surface area contributed by atoms with E-state index in [2.05, 4.69) is 0 Å². The van der Waals surface area contributed by atoms with E-state index in [1.54, 1.807) is 44.6 Å². The summed E-state index contributed by atoms with van der Waals surface area (Å²) in [6.45, 7) is 2.57. The van der Waals surface area contributed by atoms with Gasteiger partial charge in [0.15, 0.2) is 0 Å². The SMILES string of the molecule is COc1ccc(CCN2C(=O)C(=O)/C(=C(\O)c3ccc(OCc4ccccc4)c(C)c3)C2c2ccc(OC)cc2)cc1. The quantitative estimate of drug-likeness (QED) is 0.139. The van der Waals surface area contributed by atoms with E-state index in [0.717, 1.165) is 22.4 Å². The number of Topliss-reactive ketones (excluding diaryl/α,β-unsaturated/α-hetero) is 1. The Morgan fingerprint density at radius 1 is 0.810 bits per heavy atom. The predicted octanol–water partition coefficient (Wildman–Crippen LogP) is 6.26. The number of carbonyl (C=O) groups excluding carboxylic acids is 2. The monoisotopic (exact) mass is 563 g/mol. The van der Waals surface area contributed by atoms with Crippen LogP contribution in [-0.2, 0) is 22.6 Å². The summed E-state index contributed by atoms with van der Waals surface area (Å²) in [5.74, 6) is 0.469. The van der Waals surface area contributed by atoms with Gasteiger partial charge in [-0.25, -0.2) is 0 Å². The molecule has 1 aliphatic rings. The summed E-state index contributed by atoms with van der Waals surface area (Å²) < 4.78 is 16.5. The maximum atomic E-state index is 13.5. The number of aliphatic hydroxyl groups is 1. The van der Waals surface area contributed by atoms with E-state index in [1.807, 2.05) is 73.7 Å². The molecule has 7 heteroatoms. The van der Waals surface area contributed by atoms with E-state index in [-0.39, 0.29) is 17.9 Å². The van der Waals surface area contributed by atoms with Gasteiger partial charge in [-0.05, 0) is 78.1 Å². The number of aliphatic hydroxyl groups excluding tert-OH is 1. The van der Waals surface area contributed by atoms with Gasteiger partial charge in [0.2, 0.25) is 0 Å². The lowest BCUT2D eigenvalue weighted by Crippen LogP contribution is -2.31. The Hall–Kier alpha value is -5.04. The highest BCUT2D eigenvalue weighted by atomic mass is 16.5. The molecule has 4 aromatic carbocycles. The lowest BCUT2D eigenvalue weighted by Gasteiger charge is -2.25. The van der Waals surface area contributed by atoms with Crippen molar-refractivity contribution in [1.29, 1.82) is 0 Å². The maximum absolute atomic E-state index is 13.5. The molecule has 1 amide bonds. The second-order valence-corrected chi connectivity index (χ2v) is 10.1. The number of amides is 1. The zero-order chi connectivity index (χ0) is 29.6. The van der Waals surface area contributed by atoms with E-state index in [9.17, 15) is 14.7 Å². The van der Waals surface area contributed by atoms with Gasteiger partial charge in [0.25, 0.3) is 11.7 Å². The van der Waals surface area contributed by atoms with Gasteiger partial charge < -0.3 is 24.2 Å². The average molecular weight is 564 g/mol. The number of methoxy groups -OCH3 is 2. The summed E-state index contributed by atoms with van der Waals surface area (Å²) in [4.78, 5) is 28.4. The maximum Gasteiger partial charge on any atom is 0.295 e. The van der Waals surface area contributed by atoms with Crippen LogP contribution in [0.3, 0.4) is 0 Å². The fourth-order valence-corrected chi connectivity index (χ4v) is 5.13. The Labute approximate surface area is 245 Å². The molecule has 4 aromatic rings. The van der Waals surface area contributed by atoms with Crippen molar-refractivity contribution >= 4 is 17.4 Å². The number of rotatable bonds is 10. The van der Waals surface area contributed by atoms with Gasteiger partial charge in [0.05, 0.1) is 25.8 Å². The highest BCUT2D eigenvalue weighted by Gasteiger charge is 2.45. The molecular weight excluding hydrogens is 530 g/mol. The second-order valence-electron chi connectivity index (χ2n) is 10.1. The Balaban J connectivity index is 1.47. The minimum absolute atomic E-state index is 0.0530. The second kappa shape index (κ2) is 12.6. The summed E-state index contributed by atoms with van der Waals surface area (Å²) in [7, 11) is 3.18. The number of benzene rings is 4. The first kappa shape index (κ1) is 28.5. The van der Waals surface area contributed by atoms with Crippen LogP contribution in [0.1, 0.15) is 33.9 Å². The highest BCUT2D eigenvalue weighted by Crippen LogP contribution is 2.40. The molecule has 5 rings (SSSR count). The molecule has 42 heavy (non-hydrogen) atoms. The van der Waals surface area contributed by atoms with Gasteiger partial charge in [0.1, 0.15) is 29.6 Å². The number of likely N-dealkylation sites (tertiary alicyclic amines) is 1. The molecule has 0 aliphatic carbocycles. The zero-order valence-electron chi connectivity index (χ0n) is 23.9. The molecular formula is C35H33NO6. The Bertz CT molecular complexity index is 1590. The Kier molecular flexibility index (Phi) is 8.58. The fraction of sp³-hybridized carbons (Fsp3) is 0.200. The van der Waals surface area contributed by atoms with Crippen molar-refractivity contribution in [3.05, 3.63) is 130 Å². The van der Waals surface area contributed by atoms with Crippen LogP contribution in [0, 0.1) is 6.92 Å². The molecule has 0 saturated carbocycles. The first-order chi connectivity index (χ1) is 20.4. The molecule has 1 heterocycles. The number of hydrogen-bond acceptors (Lipinski definition) is 6. The molecule has 1 saturated heterocycles. The predicted molar refractivity (Wildman–Crippen MR) is 161 cm³/mol. The molecule has 0 aromatic heterocycles. The van der Waals surface area contributed by atoms with Crippen molar-refractivity contribution in [2.24, 2.45) is 0 Å². The lowest BCUT2D eigenvalue weighted by atomic mass is 9.94. The number of carbonyl (C=O) groups is 2. The van der Waals surface area contributed by atoms with Gasteiger partial charge in [-0.2, -0.15) is 0 Å². The average Bonchev–Trinajstić information content (AvgIpc) is 3.28. The van der Waals surface area contributed by atoms with Gasteiger partial charge >= 0.3 is 0 Å². The minimum Gasteiger partial charge on any atom is -0.507 e. The van der Waals surface area contributed by atoms with Crippen LogP contribution in [0.5, 0.6) is 17.2 Å². The molecule has 1 fully saturated rings. The third-order valence-electron chi connectivity index (χ3n) is 7.46. The van der Waals surface area contributed by atoms with E-state index >= 15 is 0 Å². The molecule has 0 spiro atoms. The summed E-state index contributed by atoms with van der Waals surface area (Å²) >= 11 is 0. The van der Waals surface area contributed by atoms with Crippen molar-refractivity contribution in [2.75, 3.05) is 20.8 Å². The van der Waals surface area contributed by atoms with E-state index in [1.165, 1.54) is 4.90 Å². The number of hydrogen-bond donors (Lipinski definition) is 1. The molecule has 0 bridgehead atoms. The van der Waals surface area contributed by atoms with Crippen molar-refractivity contribution in [3.63, 3.8) is 0 Å². The van der Waals surface area contributed by atoms with Crippen molar-refractivity contribution < 1.29 is 28.9 Å². The first-order valence-electron chi connectivity index (χ1n) is 13.7. The number of ether oxygens (including phenoxy) is 3. The molecule has 1 atom stereocenters. The van der Waals surface area contributed by atoms with Crippen LogP contribution in [0.2, 0.25) is 0 Å². The molecule has 1 aliphatic heterocycles. The summed E-state index contributed by atoms with van der Waals surface area (Å²) in [6, 6.07) is 29.1. The topological polar surface area (TPSA) is 85.3 Å². The fourth-order valence-electron chi connectivity index (χ4n) is 5.13. The Morgan fingerprint density at radius 3 is 2.07 bits per heavy atom. The van der Waals surface area contributed by atoms with Crippen LogP contribution in [0.25, 0.3) is 5.76 Å². The molecule has 0 radical (unpaired) electrons. The zero-order valence-corrected chi connectivity index (χ0v) is 23.9. The van der Waals surface area contributed by atoms with Crippen molar-refractivity contribution in [2.45, 2.75) is 26.0 Å². The number of nitrogens with zero attached hydrogens (tertiary/aromatic N) is 1. The first-order valence-corrected chi connectivity index (χ1v) is 13.7. The summed E-state index contributed by atoms with van der Waals surface area (Å²) in [5, 5.41) is 11.5. The smallest absolute Gasteiger partial charge is 0.295 e. The summed E-state index contributed by atoms with van der Waals surface area (Å²) in [5.41, 5.74) is 4.02. The number of ketones is 1. The molecule has 1 N–H and O–H groups in total. The van der Waals surface area contributed by atoms with Crippen LogP contribution < -0.4 is 14.2 Å². The standard InChI is InChI=1S/C35H33NO6/c1-23-21-27(13-18-30(23)42-22-25-7-5-4-6-8-25)33(37)31-32(26-11-16-29(41-3)17-12-26)36(35(39)34(31)38)20-19-24-9-14-28(40-2)15-10-24/h4-18,21,32,37H,19-20,22H2,1-3H3/b33-31-. The normalized spacial score (nSPS) is 16.0. The summed E-state index contributed by atoms with van der Waals surface area (Å²) in [6.07, 6.45) is 0.524. The van der Waals surface area contributed by atoms with E-state index in [4.69, 9.17) is 14.2 Å². The van der Waals surface area contributed by atoms with E-state index in [0.29, 0.717) is 35.7 Å². The highest BCUT2D eigenvalue weighted by molar-refractivity contribution is 6.46. The number of aryl methyl sites for hydroxylation is 1. The van der Waals surface area contributed by atoms with Crippen LogP contribution in [-0.4, -0.2) is 42.5 Å². The van der Waals surface area contributed by atoms with Crippen molar-refractivity contribution in [3.8, 4) is 17.2 Å². The third kappa shape index (κ3) is 6.00. The van der Waals surface area contributed by atoms with Gasteiger partial charge in [-0.1, -0.05) is 54.6 Å². The van der Waals surface area contributed by atoms with Crippen molar-refractivity contribution in [1.82, 2.24) is 4.90 Å². The van der Waals surface area contributed by atoms with Crippen LogP contribution >= 0.6 is 0 Å². The lowest BCUT2D eigenvalue weighted by molar-refractivity contribution is -0.139. The van der Waals surface area contributed by atoms with Crippen LogP contribution in [0.15, 0.2) is 103 Å². The molecule has 7 nitrogen and oxygen atoms in total. The third-order valence-corrected chi connectivity index (χ3v) is 7.46. The van der Waals surface area contributed by atoms with Crippen LogP contribution in [0.4, 0.5) is 0 Å². The van der Waals surface area contributed by atoms with Gasteiger partial charge in [-0.15, -0.1) is 0 Å².